The van der Waals surface area contributed by atoms with E-state index in [-0.39, 0.29) is 0 Å². The fourth-order valence-corrected chi connectivity index (χ4v) is 4.89. The van der Waals surface area contributed by atoms with Crippen molar-refractivity contribution in [1.29, 1.82) is 0 Å². The number of pyridine rings is 1. The minimum absolute atomic E-state index is 0.315. The number of aromatic nitrogens is 1. The number of hydrogen-bond donors (Lipinski definition) is 0. The van der Waals surface area contributed by atoms with E-state index in [9.17, 15) is 4.57 Å². The highest BCUT2D eigenvalue weighted by molar-refractivity contribution is 7.63. The fourth-order valence-electron chi connectivity index (χ4n) is 1.60. The van der Waals surface area contributed by atoms with E-state index in [1.165, 1.54) is 11.3 Å². The number of rotatable bonds is 5. The van der Waals surface area contributed by atoms with Crippen molar-refractivity contribution in [3.05, 3.63) is 22.7 Å². The van der Waals surface area contributed by atoms with Crippen molar-refractivity contribution in [3.8, 4) is 0 Å². The molecular formula is C11H13ClNO3PS. The zero-order valence-corrected chi connectivity index (χ0v) is 12.5. The number of hydrogen-bond acceptors (Lipinski definition) is 5. The Morgan fingerprint density at radius 2 is 2.06 bits per heavy atom. The van der Waals surface area contributed by atoms with Crippen LogP contribution in [-0.2, 0) is 13.6 Å². The first-order valence-corrected chi connectivity index (χ1v) is 8.33. The zero-order valence-electron chi connectivity index (χ0n) is 10.1. The molecule has 0 aliphatic rings. The Kier molecular flexibility index (Phi) is 4.41. The second-order valence-corrected chi connectivity index (χ2v) is 6.70. The van der Waals surface area contributed by atoms with Gasteiger partial charge in [0.25, 0.3) is 0 Å². The maximum Gasteiger partial charge on any atom is 0.364 e. The lowest BCUT2D eigenvalue weighted by molar-refractivity contribution is 0.230. The van der Waals surface area contributed by atoms with Gasteiger partial charge in [-0.15, -0.1) is 11.3 Å². The van der Waals surface area contributed by atoms with E-state index in [2.05, 4.69) is 4.98 Å². The summed E-state index contributed by atoms with van der Waals surface area (Å²) in [6, 6.07) is 1.70. The highest BCUT2D eigenvalue weighted by Crippen LogP contribution is 2.49. The Balaban J connectivity index is 2.58. The van der Waals surface area contributed by atoms with Crippen LogP contribution in [0, 0.1) is 0 Å². The van der Waals surface area contributed by atoms with E-state index in [0.717, 1.165) is 4.70 Å². The van der Waals surface area contributed by atoms with Gasteiger partial charge in [-0.25, -0.2) is 0 Å². The maximum absolute atomic E-state index is 12.7. The molecule has 0 N–H and O–H groups in total. The molecule has 0 saturated carbocycles. The van der Waals surface area contributed by atoms with E-state index in [0.29, 0.717) is 29.1 Å². The summed E-state index contributed by atoms with van der Waals surface area (Å²) in [5.41, 5.74) is 0.595. The van der Waals surface area contributed by atoms with Crippen molar-refractivity contribution in [2.45, 2.75) is 13.8 Å². The normalized spacial score (nSPS) is 12.2. The van der Waals surface area contributed by atoms with Gasteiger partial charge in [0, 0.05) is 11.6 Å². The Morgan fingerprint density at radius 1 is 1.39 bits per heavy atom. The summed E-state index contributed by atoms with van der Waals surface area (Å²) in [4.78, 5) is 4.23. The summed E-state index contributed by atoms with van der Waals surface area (Å²) in [5, 5.41) is 2.83. The molecule has 0 fully saturated rings. The van der Waals surface area contributed by atoms with Crippen molar-refractivity contribution in [3.63, 3.8) is 0 Å². The van der Waals surface area contributed by atoms with Crippen molar-refractivity contribution >= 4 is 46.1 Å². The van der Waals surface area contributed by atoms with Crippen LogP contribution in [0.3, 0.4) is 0 Å². The number of thiophene rings is 1. The molecular weight excluding hydrogens is 293 g/mol. The second-order valence-electron chi connectivity index (χ2n) is 3.42. The highest BCUT2D eigenvalue weighted by atomic mass is 35.5. The van der Waals surface area contributed by atoms with Crippen LogP contribution in [0.5, 0.6) is 0 Å². The van der Waals surface area contributed by atoms with Crippen LogP contribution in [0.25, 0.3) is 10.2 Å². The van der Waals surface area contributed by atoms with Crippen LogP contribution in [0.15, 0.2) is 17.6 Å². The molecule has 0 atom stereocenters. The molecule has 0 radical (unpaired) electrons. The fraction of sp³-hybridized carbons (Fsp3) is 0.364. The summed E-state index contributed by atoms with van der Waals surface area (Å²) < 4.78 is 24.1. The van der Waals surface area contributed by atoms with Crippen molar-refractivity contribution in [2.24, 2.45) is 0 Å². The summed E-state index contributed by atoms with van der Waals surface area (Å²) in [7, 11) is -3.30. The third kappa shape index (κ3) is 2.46. The third-order valence-electron chi connectivity index (χ3n) is 2.28. The molecule has 18 heavy (non-hydrogen) atoms. The quantitative estimate of drug-likeness (QED) is 0.787. The van der Waals surface area contributed by atoms with Crippen LogP contribution < -0.4 is 5.30 Å². The monoisotopic (exact) mass is 305 g/mol. The molecule has 0 aromatic carbocycles. The van der Waals surface area contributed by atoms with Crippen LogP contribution in [-0.4, -0.2) is 18.2 Å². The van der Waals surface area contributed by atoms with Gasteiger partial charge in [0.1, 0.15) is 5.30 Å². The lowest BCUT2D eigenvalue weighted by atomic mass is 10.4. The molecule has 2 rings (SSSR count). The van der Waals surface area contributed by atoms with E-state index >= 15 is 0 Å². The molecule has 0 bridgehead atoms. The number of fused-ring (bicyclic) bond motifs is 1. The van der Waals surface area contributed by atoms with Crippen LogP contribution in [0.4, 0.5) is 0 Å². The van der Waals surface area contributed by atoms with Gasteiger partial charge in [0.05, 0.1) is 28.5 Å². The smallest absolute Gasteiger partial charge is 0.305 e. The van der Waals surface area contributed by atoms with Gasteiger partial charge < -0.3 is 9.05 Å². The Hall–Kier alpha value is -0.450. The van der Waals surface area contributed by atoms with E-state index in [4.69, 9.17) is 20.6 Å². The summed E-state index contributed by atoms with van der Waals surface area (Å²) in [6.07, 6.45) is 1.59. The molecule has 0 amide bonds. The maximum atomic E-state index is 12.7. The van der Waals surface area contributed by atoms with Gasteiger partial charge in [-0.05, 0) is 19.9 Å². The van der Waals surface area contributed by atoms with Gasteiger partial charge in [0.2, 0.25) is 0 Å². The van der Waals surface area contributed by atoms with Gasteiger partial charge in [-0.2, -0.15) is 0 Å². The van der Waals surface area contributed by atoms with Gasteiger partial charge in [-0.1, -0.05) is 11.6 Å². The van der Waals surface area contributed by atoms with Crippen molar-refractivity contribution in [1.82, 2.24) is 4.98 Å². The predicted molar refractivity (Wildman–Crippen MR) is 75.1 cm³/mol. The first-order valence-electron chi connectivity index (χ1n) is 5.53. The van der Waals surface area contributed by atoms with E-state index in [1.54, 1.807) is 31.5 Å². The highest BCUT2D eigenvalue weighted by Gasteiger charge is 2.31. The minimum Gasteiger partial charge on any atom is -0.305 e. The largest absolute Gasteiger partial charge is 0.364 e. The molecule has 0 unspecified atom stereocenters. The topological polar surface area (TPSA) is 48.4 Å². The molecule has 98 valence electrons. The third-order valence-corrected chi connectivity index (χ3v) is 6.01. The number of halogens is 1. The molecule has 2 aromatic heterocycles. The summed E-state index contributed by atoms with van der Waals surface area (Å²) in [6.45, 7) is 4.19. The molecule has 2 aromatic rings. The molecule has 7 heteroatoms. The summed E-state index contributed by atoms with van der Waals surface area (Å²) >= 11 is 7.47. The van der Waals surface area contributed by atoms with Crippen molar-refractivity contribution < 1.29 is 13.6 Å². The van der Waals surface area contributed by atoms with E-state index in [1.807, 2.05) is 0 Å². The Labute approximate surface area is 114 Å². The molecule has 0 aliphatic heterocycles. The predicted octanol–water partition coefficient (Wildman–Crippen LogP) is 3.84. The first kappa shape index (κ1) is 14.0. The molecule has 4 nitrogen and oxygen atoms in total. The molecule has 0 spiro atoms. The SMILES string of the molecule is CCOP(=O)(OCC)c1csc2c(Cl)ccnc12. The molecule has 0 aliphatic carbocycles. The van der Waals surface area contributed by atoms with Crippen LogP contribution in [0.2, 0.25) is 5.02 Å². The molecule has 2 heterocycles. The van der Waals surface area contributed by atoms with Crippen LogP contribution in [0.1, 0.15) is 13.8 Å². The minimum atomic E-state index is -3.30. The Bertz CT molecular complexity index is 591. The lowest BCUT2D eigenvalue weighted by Crippen LogP contribution is -2.10. The van der Waals surface area contributed by atoms with Gasteiger partial charge in [0.15, 0.2) is 0 Å². The average Bonchev–Trinajstić information content (AvgIpc) is 2.75. The standard InChI is InChI=1S/C11H13ClNO3PS/c1-3-15-17(14,16-4-2)9-7-18-11-8(12)5-6-13-10(9)11/h5-7H,3-4H2,1-2H3. The summed E-state index contributed by atoms with van der Waals surface area (Å²) in [5.74, 6) is 0. The van der Waals surface area contributed by atoms with Crippen LogP contribution >= 0.6 is 30.5 Å². The lowest BCUT2D eigenvalue weighted by Gasteiger charge is -2.15. The van der Waals surface area contributed by atoms with E-state index < -0.39 is 7.60 Å². The van der Waals surface area contributed by atoms with Gasteiger partial charge >= 0.3 is 7.60 Å². The van der Waals surface area contributed by atoms with Crippen molar-refractivity contribution in [2.75, 3.05) is 13.2 Å². The average molecular weight is 306 g/mol. The second kappa shape index (κ2) is 5.68. The first-order chi connectivity index (χ1) is 8.62. The van der Waals surface area contributed by atoms with Gasteiger partial charge in [-0.3, -0.25) is 9.55 Å². The number of nitrogens with zero attached hydrogens (tertiary/aromatic N) is 1. The Morgan fingerprint density at radius 3 is 2.67 bits per heavy atom. The molecule has 0 saturated heterocycles. The zero-order chi connectivity index (χ0) is 13.2.